The van der Waals surface area contributed by atoms with E-state index in [1.165, 1.54) is 0 Å². The molecule has 0 spiro atoms. The number of hydrogen-bond acceptors (Lipinski definition) is 4. The highest BCUT2D eigenvalue weighted by molar-refractivity contribution is 7.91. The number of benzene rings is 1. The molecule has 0 saturated carbocycles. The largest absolute Gasteiger partial charge is 0.490 e. The van der Waals surface area contributed by atoms with Crippen LogP contribution in [0.3, 0.4) is 0 Å². The van der Waals surface area contributed by atoms with Crippen molar-refractivity contribution in [3.05, 3.63) is 18.2 Å². The average molecular weight is 241 g/mol. The third kappa shape index (κ3) is 2.14. The molecule has 1 aromatic carbocycles. The zero-order valence-electron chi connectivity index (χ0n) is 9.19. The van der Waals surface area contributed by atoms with Gasteiger partial charge in [-0.1, -0.05) is 6.92 Å². The highest BCUT2D eigenvalue weighted by atomic mass is 32.2. The first-order chi connectivity index (χ1) is 7.63. The molecule has 0 atom stereocenters. The zero-order valence-corrected chi connectivity index (χ0v) is 10.0. The van der Waals surface area contributed by atoms with E-state index in [0.29, 0.717) is 24.5 Å². The summed E-state index contributed by atoms with van der Waals surface area (Å²) in [6, 6.07) is 4.97. The Morgan fingerprint density at radius 2 is 2.25 bits per heavy atom. The summed E-state index contributed by atoms with van der Waals surface area (Å²) >= 11 is 0. The Bertz CT molecular complexity index is 482. The number of sulfone groups is 1. The molecule has 0 aromatic heterocycles. The number of nitrogens with one attached hydrogen (secondary N) is 1. The van der Waals surface area contributed by atoms with E-state index in [1.807, 2.05) is 6.92 Å². The van der Waals surface area contributed by atoms with Crippen molar-refractivity contribution in [1.82, 2.24) is 0 Å². The predicted octanol–water partition coefficient (Wildman–Crippen LogP) is 1.67. The second-order valence-corrected chi connectivity index (χ2v) is 5.86. The van der Waals surface area contributed by atoms with E-state index in [4.69, 9.17) is 4.74 Å². The van der Waals surface area contributed by atoms with Crippen molar-refractivity contribution < 1.29 is 13.2 Å². The Kier molecular flexibility index (Phi) is 3.05. The Balaban J connectivity index is 2.37. The van der Waals surface area contributed by atoms with Gasteiger partial charge in [-0.15, -0.1) is 0 Å². The maximum absolute atomic E-state index is 11.8. The molecule has 0 saturated heterocycles. The van der Waals surface area contributed by atoms with Gasteiger partial charge in [-0.05, 0) is 24.6 Å². The van der Waals surface area contributed by atoms with Crippen LogP contribution in [0, 0.1) is 0 Å². The van der Waals surface area contributed by atoms with Gasteiger partial charge in [0.25, 0.3) is 0 Å². The van der Waals surface area contributed by atoms with Crippen LogP contribution in [0.15, 0.2) is 23.1 Å². The summed E-state index contributed by atoms with van der Waals surface area (Å²) in [6.07, 6.45) is 0.628. The topological polar surface area (TPSA) is 55.4 Å². The molecular formula is C11H15NO3S. The number of rotatable bonds is 3. The molecule has 16 heavy (non-hydrogen) atoms. The van der Waals surface area contributed by atoms with Crippen LogP contribution in [0.2, 0.25) is 0 Å². The summed E-state index contributed by atoms with van der Waals surface area (Å²) in [7, 11) is -3.14. The van der Waals surface area contributed by atoms with Crippen LogP contribution in [0.25, 0.3) is 0 Å². The third-order valence-corrected chi connectivity index (χ3v) is 4.38. The minimum Gasteiger partial charge on any atom is -0.490 e. The molecule has 4 nitrogen and oxygen atoms in total. The molecule has 1 heterocycles. The van der Waals surface area contributed by atoms with Gasteiger partial charge in [-0.3, -0.25) is 0 Å². The van der Waals surface area contributed by atoms with Gasteiger partial charge in [0.2, 0.25) is 0 Å². The number of ether oxygens (including phenoxy) is 1. The zero-order chi connectivity index (χ0) is 11.6. The molecule has 1 N–H and O–H groups in total. The fourth-order valence-corrected chi connectivity index (χ4v) is 3.05. The van der Waals surface area contributed by atoms with E-state index in [9.17, 15) is 8.42 Å². The van der Waals surface area contributed by atoms with Crippen molar-refractivity contribution in [2.24, 2.45) is 0 Å². The first kappa shape index (κ1) is 11.3. The van der Waals surface area contributed by atoms with Gasteiger partial charge in [-0.2, -0.15) is 0 Å². The van der Waals surface area contributed by atoms with Crippen LogP contribution in [-0.2, 0) is 9.84 Å². The summed E-state index contributed by atoms with van der Waals surface area (Å²) in [5.74, 6) is 0.911. The molecule has 0 amide bonds. The maximum atomic E-state index is 11.8. The Morgan fingerprint density at radius 1 is 1.44 bits per heavy atom. The van der Waals surface area contributed by atoms with Crippen LogP contribution in [-0.4, -0.2) is 27.3 Å². The maximum Gasteiger partial charge on any atom is 0.178 e. The molecule has 88 valence electrons. The van der Waals surface area contributed by atoms with Gasteiger partial charge in [0.05, 0.1) is 16.3 Å². The lowest BCUT2D eigenvalue weighted by Gasteiger charge is -2.19. The molecular weight excluding hydrogens is 226 g/mol. The van der Waals surface area contributed by atoms with Crippen LogP contribution in [0.4, 0.5) is 5.69 Å². The molecule has 1 aliphatic heterocycles. The standard InChI is InChI=1S/C11H15NO3S/c1-2-7-16(13,14)9-3-4-11-10(8-9)12-5-6-15-11/h3-4,8,12H,2,5-7H2,1H3. The number of fused-ring (bicyclic) bond motifs is 1. The summed E-state index contributed by atoms with van der Waals surface area (Å²) in [5.41, 5.74) is 0.767. The molecule has 0 unspecified atom stereocenters. The Morgan fingerprint density at radius 3 is 3.00 bits per heavy atom. The Hall–Kier alpha value is -1.23. The van der Waals surface area contributed by atoms with Gasteiger partial charge < -0.3 is 10.1 Å². The van der Waals surface area contributed by atoms with Crippen LogP contribution in [0.1, 0.15) is 13.3 Å². The lowest BCUT2D eigenvalue weighted by Crippen LogP contribution is -2.18. The third-order valence-electron chi connectivity index (χ3n) is 2.46. The minimum atomic E-state index is -3.14. The average Bonchev–Trinajstić information content (AvgIpc) is 2.28. The van der Waals surface area contributed by atoms with Crippen molar-refractivity contribution in [2.45, 2.75) is 18.2 Å². The normalized spacial score (nSPS) is 14.8. The first-order valence-electron chi connectivity index (χ1n) is 5.37. The predicted molar refractivity (Wildman–Crippen MR) is 62.8 cm³/mol. The molecule has 0 fully saturated rings. The van der Waals surface area contributed by atoms with Crippen molar-refractivity contribution in [3.63, 3.8) is 0 Å². The quantitative estimate of drug-likeness (QED) is 0.874. The SMILES string of the molecule is CCCS(=O)(=O)c1ccc2c(c1)NCCO2. The lowest BCUT2D eigenvalue weighted by atomic mass is 10.2. The highest BCUT2D eigenvalue weighted by Gasteiger charge is 2.17. The second kappa shape index (κ2) is 4.33. The minimum absolute atomic E-state index is 0.187. The molecule has 0 aliphatic carbocycles. The summed E-state index contributed by atoms with van der Waals surface area (Å²) in [5, 5.41) is 3.13. The molecule has 5 heteroatoms. The fourth-order valence-electron chi connectivity index (χ4n) is 1.70. The van der Waals surface area contributed by atoms with Gasteiger partial charge in [0, 0.05) is 6.54 Å². The fraction of sp³-hybridized carbons (Fsp3) is 0.455. The van der Waals surface area contributed by atoms with Crippen molar-refractivity contribution in [2.75, 3.05) is 24.2 Å². The molecule has 2 rings (SSSR count). The molecule has 1 aromatic rings. The van der Waals surface area contributed by atoms with Crippen LogP contribution in [0.5, 0.6) is 5.75 Å². The van der Waals surface area contributed by atoms with Crippen molar-refractivity contribution in [3.8, 4) is 5.75 Å². The molecule has 0 bridgehead atoms. The van der Waals surface area contributed by atoms with Crippen molar-refractivity contribution in [1.29, 1.82) is 0 Å². The number of hydrogen-bond donors (Lipinski definition) is 1. The van der Waals surface area contributed by atoms with Gasteiger partial charge in [0.1, 0.15) is 12.4 Å². The molecule has 1 aliphatic rings. The van der Waals surface area contributed by atoms with Gasteiger partial charge >= 0.3 is 0 Å². The van der Waals surface area contributed by atoms with Crippen LogP contribution >= 0.6 is 0 Å². The van der Waals surface area contributed by atoms with Crippen molar-refractivity contribution >= 4 is 15.5 Å². The Labute approximate surface area is 95.5 Å². The van der Waals surface area contributed by atoms with Gasteiger partial charge in [0.15, 0.2) is 9.84 Å². The van der Waals surface area contributed by atoms with E-state index in [0.717, 1.165) is 11.4 Å². The monoisotopic (exact) mass is 241 g/mol. The molecule has 0 radical (unpaired) electrons. The van der Waals surface area contributed by atoms with E-state index < -0.39 is 9.84 Å². The lowest BCUT2D eigenvalue weighted by molar-refractivity contribution is 0.323. The number of anilines is 1. The van der Waals surface area contributed by atoms with E-state index in [2.05, 4.69) is 5.32 Å². The first-order valence-corrected chi connectivity index (χ1v) is 7.02. The van der Waals surface area contributed by atoms with E-state index in [-0.39, 0.29) is 5.75 Å². The summed E-state index contributed by atoms with van der Waals surface area (Å²) in [6.45, 7) is 3.19. The second-order valence-electron chi connectivity index (χ2n) is 3.75. The van der Waals surface area contributed by atoms with E-state index in [1.54, 1.807) is 18.2 Å². The van der Waals surface area contributed by atoms with E-state index >= 15 is 0 Å². The summed E-state index contributed by atoms with van der Waals surface area (Å²) < 4.78 is 29.1. The van der Waals surface area contributed by atoms with Gasteiger partial charge in [-0.25, -0.2) is 8.42 Å². The van der Waals surface area contributed by atoms with Crippen LogP contribution < -0.4 is 10.1 Å². The highest BCUT2D eigenvalue weighted by Crippen LogP contribution is 2.30. The smallest absolute Gasteiger partial charge is 0.178 e. The summed E-state index contributed by atoms with van der Waals surface area (Å²) in [4.78, 5) is 0.367.